The van der Waals surface area contributed by atoms with Crippen LogP contribution in [-0.4, -0.2) is 4.98 Å². The highest BCUT2D eigenvalue weighted by molar-refractivity contribution is 5.38. The van der Waals surface area contributed by atoms with Gasteiger partial charge >= 0.3 is 0 Å². The van der Waals surface area contributed by atoms with Gasteiger partial charge in [-0.25, -0.2) is 0 Å². The van der Waals surface area contributed by atoms with E-state index in [1.807, 2.05) is 30.3 Å². The molecule has 2 rings (SSSR count). The Kier molecular flexibility index (Phi) is 2.98. The molecule has 0 spiro atoms. The number of pyridine rings is 1. The number of hydrogen-bond donors (Lipinski definition) is 0. The van der Waals surface area contributed by atoms with Crippen LogP contribution in [-0.2, 0) is 0 Å². The van der Waals surface area contributed by atoms with Crippen molar-refractivity contribution in [2.24, 2.45) is 0 Å². The molecule has 1 aromatic heterocycles. The second-order valence-corrected chi connectivity index (χ2v) is 3.58. The molecule has 16 heavy (non-hydrogen) atoms. The molecule has 0 fully saturated rings. The van der Waals surface area contributed by atoms with Crippen LogP contribution < -0.4 is 0 Å². The van der Waals surface area contributed by atoms with Crippen molar-refractivity contribution in [3.05, 3.63) is 72.4 Å². The van der Waals surface area contributed by atoms with Crippen molar-refractivity contribution in [3.8, 4) is 6.07 Å². The van der Waals surface area contributed by atoms with Gasteiger partial charge in [-0.1, -0.05) is 18.2 Å². The fraction of sp³-hybridized carbons (Fsp3) is 0.0714. The SMILES string of the molecule is [CH2]C(c1cccnc1)c1cccc(C#N)c1. The summed E-state index contributed by atoms with van der Waals surface area (Å²) in [6.45, 7) is 4.10. The van der Waals surface area contributed by atoms with E-state index in [9.17, 15) is 0 Å². The molecule has 0 amide bonds. The lowest BCUT2D eigenvalue weighted by molar-refractivity contribution is 1.00. The summed E-state index contributed by atoms with van der Waals surface area (Å²) >= 11 is 0. The Labute approximate surface area is 95.2 Å². The van der Waals surface area contributed by atoms with Crippen LogP contribution in [0.1, 0.15) is 22.6 Å². The largest absolute Gasteiger partial charge is 0.264 e. The Morgan fingerprint density at radius 1 is 1.19 bits per heavy atom. The first-order valence-corrected chi connectivity index (χ1v) is 5.04. The molecule has 0 N–H and O–H groups in total. The van der Waals surface area contributed by atoms with Gasteiger partial charge in [0.15, 0.2) is 0 Å². The lowest BCUT2D eigenvalue weighted by Gasteiger charge is -2.11. The van der Waals surface area contributed by atoms with E-state index in [0.717, 1.165) is 11.1 Å². The van der Waals surface area contributed by atoms with Crippen LogP contribution in [0.25, 0.3) is 0 Å². The number of nitriles is 1. The Morgan fingerprint density at radius 3 is 2.69 bits per heavy atom. The second kappa shape index (κ2) is 4.59. The minimum Gasteiger partial charge on any atom is -0.264 e. The monoisotopic (exact) mass is 207 g/mol. The van der Waals surface area contributed by atoms with Crippen molar-refractivity contribution >= 4 is 0 Å². The van der Waals surface area contributed by atoms with E-state index in [4.69, 9.17) is 5.26 Å². The van der Waals surface area contributed by atoms with Crippen LogP contribution in [0.5, 0.6) is 0 Å². The average molecular weight is 207 g/mol. The van der Waals surface area contributed by atoms with E-state index in [1.54, 1.807) is 18.5 Å². The van der Waals surface area contributed by atoms with Crippen LogP contribution in [0.4, 0.5) is 0 Å². The maximum atomic E-state index is 8.83. The second-order valence-electron chi connectivity index (χ2n) is 3.58. The van der Waals surface area contributed by atoms with Gasteiger partial charge < -0.3 is 0 Å². The van der Waals surface area contributed by atoms with E-state index < -0.39 is 0 Å². The topological polar surface area (TPSA) is 36.7 Å². The normalized spacial score (nSPS) is 11.8. The maximum Gasteiger partial charge on any atom is 0.0991 e. The van der Waals surface area contributed by atoms with Gasteiger partial charge in [-0.2, -0.15) is 5.26 Å². The van der Waals surface area contributed by atoms with Crippen molar-refractivity contribution < 1.29 is 0 Å². The molecule has 1 aromatic carbocycles. The molecule has 77 valence electrons. The van der Waals surface area contributed by atoms with Crippen LogP contribution in [0.15, 0.2) is 48.8 Å². The summed E-state index contributed by atoms with van der Waals surface area (Å²) in [7, 11) is 0. The van der Waals surface area contributed by atoms with Gasteiger partial charge in [0, 0.05) is 18.3 Å². The molecule has 1 radical (unpaired) electrons. The van der Waals surface area contributed by atoms with Crippen molar-refractivity contribution in [3.63, 3.8) is 0 Å². The minimum atomic E-state index is 0.0157. The molecule has 0 aliphatic rings. The lowest BCUT2D eigenvalue weighted by atomic mass is 9.93. The Hall–Kier alpha value is -2.14. The first-order chi connectivity index (χ1) is 7.81. The van der Waals surface area contributed by atoms with E-state index in [2.05, 4.69) is 18.0 Å². The van der Waals surface area contributed by atoms with E-state index in [1.165, 1.54) is 0 Å². The maximum absolute atomic E-state index is 8.83. The molecule has 1 unspecified atom stereocenters. The van der Waals surface area contributed by atoms with Gasteiger partial charge in [0.25, 0.3) is 0 Å². The molecule has 1 heterocycles. The Balaban J connectivity index is 2.35. The third-order valence-electron chi connectivity index (χ3n) is 2.50. The Morgan fingerprint density at radius 2 is 2.00 bits per heavy atom. The van der Waals surface area contributed by atoms with Gasteiger partial charge in [-0.05, 0) is 36.2 Å². The molecule has 1 atom stereocenters. The molecule has 0 saturated heterocycles. The summed E-state index contributed by atoms with van der Waals surface area (Å²) in [5.74, 6) is 0.0157. The quantitative estimate of drug-likeness (QED) is 0.759. The van der Waals surface area contributed by atoms with Gasteiger partial charge in [0.1, 0.15) is 0 Å². The average Bonchev–Trinajstić information content (AvgIpc) is 2.39. The molecule has 0 aliphatic carbocycles. The van der Waals surface area contributed by atoms with E-state index in [0.29, 0.717) is 5.56 Å². The molecule has 0 saturated carbocycles. The fourth-order valence-corrected chi connectivity index (χ4v) is 1.60. The molecular weight excluding hydrogens is 196 g/mol. The summed E-state index contributed by atoms with van der Waals surface area (Å²) in [4.78, 5) is 4.07. The summed E-state index contributed by atoms with van der Waals surface area (Å²) in [5, 5.41) is 8.83. The van der Waals surface area contributed by atoms with Gasteiger partial charge in [-0.3, -0.25) is 4.98 Å². The number of aromatic nitrogens is 1. The predicted molar refractivity (Wildman–Crippen MR) is 62.6 cm³/mol. The zero-order valence-corrected chi connectivity index (χ0v) is 8.80. The summed E-state index contributed by atoms with van der Waals surface area (Å²) in [6, 6.07) is 13.5. The lowest BCUT2D eigenvalue weighted by Crippen LogP contribution is -1.97. The standard InChI is InChI=1S/C14H11N2/c1-11(14-6-3-7-16-10-14)13-5-2-4-12(8-13)9-15/h2-8,10-11H,1H2. The van der Waals surface area contributed by atoms with Gasteiger partial charge in [-0.15, -0.1) is 0 Å². The summed E-state index contributed by atoms with van der Waals surface area (Å²) in [5.41, 5.74) is 2.75. The van der Waals surface area contributed by atoms with Crippen molar-refractivity contribution in [2.45, 2.75) is 5.92 Å². The smallest absolute Gasteiger partial charge is 0.0991 e. The number of rotatable bonds is 2. The predicted octanol–water partition coefficient (Wildman–Crippen LogP) is 2.92. The minimum absolute atomic E-state index is 0.0157. The highest BCUT2D eigenvalue weighted by atomic mass is 14.6. The van der Waals surface area contributed by atoms with E-state index in [-0.39, 0.29) is 5.92 Å². The molecule has 2 nitrogen and oxygen atoms in total. The third kappa shape index (κ3) is 2.09. The van der Waals surface area contributed by atoms with Crippen molar-refractivity contribution in [1.29, 1.82) is 5.26 Å². The van der Waals surface area contributed by atoms with E-state index >= 15 is 0 Å². The zero-order chi connectivity index (χ0) is 11.4. The number of nitrogens with zero attached hydrogens (tertiary/aromatic N) is 2. The first kappa shape index (κ1) is 10.4. The summed E-state index contributed by atoms with van der Waals surface area (Å²) < 4.78 is 0. The molecule has 2 aromatic rings. The van der Waals surface area contributed by atoms with Crippen LogP contribution in [0, 0.1) is 18.3 Å². The third-order valence-corrected chi connectivity index (χ3v) is 2.50. The molecular formula is C14H11N2. The van der Waals surface area contributed by atoms with Crippen LogP contribution >= 0.6 is 0 Å². The highest BCUT2D eigenvalue weighted by Gasteiger charge is 2.08. The zero-order valence-electron chi connectivity index (χ0n) is 8.80. The van der Waals surface area contributed by atoms with Crippen molar-refractivity contribution in [2.75, 3.05) is 0 Å². The van der Waals surface area contributed by atoms with Crippen LogP contribution in [0.2, 0.25) is 0 Å². The molecule has 2 heteroatoms. The number of hydrogen-bond acceptors (Lipinski definition) is 2. The summed E-state index contributed by atoms with van der Waals surface area (Å²) in [6.07, 6.45) is 3.54. The molecule has 0 bridgehead atoms. The first-order valence-electron chi connectivity index (χ1n) is 5.04. The van der Waals surface area contributed by atoms with Crippen molar-refractivity contribution in [1.82, 2.24) is 4.98 Å². The fourth-order valence-electron chi connectivity index (χ4n) is 1.60. The van der Waals surface area contributed by atoms with Gasteiger partial charge in [0.2, 0.25) is 0 Å². The highest BCUT2D eigenvalue weighted by Crippen LogP contribution is 2.23. The molecule has 0 aliphatic heterocycles. The van der Waals surface area contributed by atoms with Crippen LogP contribution in [0.3, 0.4) is 0 Å². The van der Waals surface area contributed by atoms with Gasteiger partial charge in [0.05, 0.1) is 11.6 Å². The Bertz CT molecular complexity index is 512. The number of benzene rings is 1.